The Morgan fingerprint density at radius 3 is 2.52 bits per heavy atom. The molecule has 0 unspecified atom stereocenters. The third-order valence-corrected chi connectivity index (χ3v) is 5.93. The van der Waals surface area contributed by atoms with Crippen molar-refractivity contribution in [1.29, 1.82) is 0 Å². The van der Waals surface area contributed by atoms with Crippen molar-refractivity contribution in [3.8, 4) is 0 Å². The summed E-state index contributed by atoms with van der Waals surface area (Å²) in [7, 11) is 3.11. The minimum atomic E-state index is -0.337. The van der Waals surface area contributed by atoms with Crippen LogP contribution in [0.15, 0.2) is 24.3 Å². The summed E-state index contributed by atoms with van der Waals surface area (Å²) in [5, 5.41) is 7.35. The van der Waals surface area contributed by atoms with Gasteiger partial charge in [0.2, 0.25) is 5.91 Å². The zero-order chi connectivity index (χ0) is 19.6. The maximum Gasteiger partial charge on any atom is 0.341 e. The first-order valence-electron chi connectivity index (χ1n) is 8.56. The first kappa shape index (κ1) is 19.3. The van der Waals surface area contributed by atoms with Crippen LogP contribution in [-0.2, 0) is 22.4 Å². The van der Waals surface area contributed by atoms with Gasteiger partial charge in [0.25, 0.3) is 0 Å². The van der Waals surface area contributed by atoms with Crippen LogP contribution in [0, 0.1) is 0 Å². The molecule has 0 spiro atoms. The number of hydrogen-bond donors (Lipinski definition) is 2. The molecule has 2 aromatic rings. The minimum absolute atomic E-state index is 0.0334. The highest BCUT2D eigenvalue weighted by Crippen LogP contribution is 2.39. The molecule has 0 aliphatic heterocycles. The topological polar surface area (TPSA) is 70.7 Å². The monoisotopic (exact) mass is 403 g/mol. The maximum absolute atomic E-state index is 12.2. The molecule has 1 heterocycles. The van der Waals surface area contributed by atoms with Crippen LogP contribution >= 0.6 is 23.6 Å². The van der Waals surface area contributed by atoms with Crippen LogP contribution in [0.3, 0.4) is 0 Å². The summed E-state index contributed by atoms with van der Waals surface area (Å²) in [6.45, 7) is 1.52. The number of benzene rings is 1. The number of rotatable bonds is 4. The van der Waals surface area contributed by atoms with Gasteiger partial charge in [0.1, 0.15) is 5.00 Å². The summed E-state index contributed by atoms with van der Waals surface area (Å²) < 4.78 is 4.95. The molecular weight excluding hydrogens is 382 g/mol. The average molecular weight is 404 g/mol. The van der Waals surface area contributed by atoms with Gasteiger partial charge in [0.15, 0.2) is 5.11 Å². The van der Waals surface area contributed by atoms with Crippen molar-refractivity contribution in [2.75, 3.05) is 29.7 Å². The molecule has 0 atom stereocenters. The number of thiophene rings is 1. The largest absolute Gasteiger partial charge is 0.465 e. The molecule has 0 saturated heterocycles. The molecular formula is C19H21N3O3S2. The molecule has 27 heavy (non-hydrogen) atoms. The fraction of sp³-hybridized carbons (Fsp3) is 0.316. The molecule has 2 N–H and O–H groups in total. The molecule has 3 rings (SSSR count). The summed E-state index contributed by atoms with van der Waals surface area (Å²) >= 11 is 6.96. The van der Waals surface area contributed by atoms with Crippen LogP contribution < -0.4 is 15.5 Å². The Balaban J connectivity index is 1.71. The van der Waals surface area contributed by atoms with Crippen molar-refractivity contribution in [2.45, 2.75) is 26.2 Å². The number of carbonyl (C=O) groups is 2. The second-order valence-corrected chi connectivity index (χ2v) is 7.77. The lowest BCUT2D eigenvalue weighted by molar-refractivity contribution is -0.116. The Morgan fingerprint density at radius 1 is 1.19 bits per heavy atom. The highest BCUT2D eigenvalue weighted by atomic mass is 32.1. The van der Waals surface area contributed by atoms with E-state index in [4.69, 9.17) is 17.0 Å². The number of ether oxygens (including phenoxy) is 1. The zero-order valence-electron chi connectivity index (χ0n) is 15.4. The van der Waals surface area contributed by atoms with E-state index in [1.54, 1.807) is 23.3 Å². The number of nitrogens with one attached hydrogen (secondary N) is 2. The van der Waals surface area contributed by atoms with E-state index in [9.17, 15) is 9.59 Å². The smallest absolute Gasteiger partial charge is 0.341 e. The molecule has 6 nitrogen and oxygen atoms in total. The number of nitrogens with zero attached hydrogens (tertiary/aromatic N) is 1. The maximum atomic E-state index is 12.2. The highest BCUT2D eigenvalue weighted by molar-refractivity contribution is 7.80. The number of carbonyl (C=O) groups excluding carboxylic acids is 2. The standard InChI is InChI=1S/C19H21N3O3S2/c1-11(23)22(2)13-9-7-12(8-10-13)20-19(26)21-17-16(18(24)25-3)14-5-4-6-15(14)27-17/h7-10H,4-6H2,1-3H3,(H2,20,21,26). The fourth-order valence-corrected chi connectivity index (χ4v) is 4.59. The normalized spacial score (nSPS) is 12.3. The lowest BCUT2D eigenvalue weighted by Gasteiger charge is -2.16. The van der Waals surface area contributed by atoms with E-state index in [1.807, 2.05) is 24.3 Å². The Hall–Kier alpha value is -2.45. The highest BCUT2D eigenvalue weighted by Gasteiger charge is 2.27. The summed E-state index contributed by atoms with van der Waals surface area (Å²) in [5.41, 5.74) is 3.26. The first-order chi connectivity index (χ1) is 12.9. The zero-order valence-corrected chi connectivity index (χ0v) is 17.1. The van der Waals surface area contributed by atoms with Gasteiger partial charge in [-0.2, -0.15) is 0 Å². The Morgan fingerprint density at radius 2 is 1.89 bits per heavy atom. The van der Waals surface area contributed by atoms with E-state index in [0.29, 0.717) is 10.7 Å². The quantitative estimate of drug-likeness (QED) is 0.597. The van der Waals surface area contributed by atoms with E-state index in [0.717, 1.165) is 41.2 Å². The number of amides is 1. The molecule has 142 valence electrons. The van der Waals surface area contributed by atoms with Gasteiger partial charge >= 0.3 is 5.97 Å². The van der Waals surface area contributed by atoms with Gasteiger partial charge in [-0.05, 0) is 61.3 Å². The van der Waals surface area contributed by atoms with E-state index in [1.165, 1.54) is 18.9 Å². The number of fused-ring (bicyclic) bond motifs is 1. The van der Waals surface area contributed by atoms with E-state index >= 15 is 0 Å². The number of aryl methyl sites for hydroxylation is 1. The van der Waals surface area contributed by atoms with Gasteiger partial charge in [-0.1, -0.05) is 0 Å². The summed E-state index contributed by atoms with van der Waals surface area (Å²) in [4.78, 5) is 26.4. The number of thiocarbonyl (C=S) groups is 1. The third-order valence-electron chi connectivity index (χ3n) is 4.52. The second kappa shape index (κ2) is 8.06. The van der Waals surface area contributed by atoms with Crippen molar-refractivity contribution in [3.05, 3.63) is 40.3 Å². The number of methoxy groups -OCH3 is 1. The lowest BCUT2D eigenvalue weighted by atomic mass is 10.1. The van der Waals surface area contributed by atoms with Gasteiger partial charge in [-0.3, -0.25) is 4.79 Å². The molecule has 8 heteroatoms. The predicted octanol–water partition coefficient (Wildman–Crippen LogP) is 3.82. The number of anilines is 3. The SMILES string of the molecule is COC(=O)c1c(NC(=S)Nc2ccc(N(C)C(C)=O)cc2)sc2c1CCC2. The van der Waals surface area contributed by atoms with Gasteiger partial charge in [-0.25, -0.2) is 4.79 Å². The summed E-state index contributed by atoms with van der Waals surface area (Å²) in [6.07, 6.45) is 2.94. The molecule has 0 fully saturated rings. The molecule has 1 amide bonds. The first-order valence-corrected chi connectivity index (χ1v) is 9.78. The Labute approximate surface area is 167 Å². The molecule has 0 saturated carbocycles. The molecule has 1 aliphatic carbocycles. The summed E-state index contributed by atoms with van der Waals surface area (Å²) in [6, 6.07) is 7.37. The number of esters is 1. The fourth-order valence-electron chi connectivity index (χ4n) is 3.03. The van der Waals surface area contributed by atoms with Crippen LogP contribution in [0.1, 0.15) is 34.1 Å². The van der Waals surface area contributed by atoms with Gasteiger partial charge in [0.05, 0.1) is 12.7 Å². The minimum Gasteiger partial charge on any atom is -0.465 e. The predicted molar refractivity (Wildman–Crippen MR) is 113 cm³/mol. The van der Waals surface area contributed by atoms with Crippen LogP contribution in [0.4, 0.5) is 16.4 Å². The van der Waals surface area contributed by atoms with Crippen LogP contribution in [0.5, 0.6) is 0 Å². The van der Waals surface area contributed by atoms with Crippen LogP contribution in [0.2, 0.25) is 0 Å². The van der Waals surface area contributed by atoms with Crippen molar-refractivity contribution >= 4 is 56.9 Å². The van der Waals surface area contributed by atoms with Gasteiger partial charge < -0.3 is 20.3 Å². The van der Waals surface area contributed by atoms with Gasteiger partial charge in [0, 0.05) is 30.2 Å². The van der Waals surface area contributed by atoms with E-state index in [-0.39, 0.29) is 11.9 Å². The van der Waals surface area contributed by atoms with Crippen LogP contribution in [-0.4, -0.2) is 31.1 Å². The molecule has 1 aliphatic rings. The average Bonchev–Trinajstić information content (AvgIpc) is 3.21. The van der Waals surface area contributed by atoms with Gasteiger partial charge in [-0.15, -0.1) is 11.3 Å². The van der Waals surface area contributed by atoms with Crippen molar-refractivity contribution < 1.29 is 14.3 Å². The Kier molecular flexibility index (Phi) is 5.76. The molecule has 1 aromatic heterocycles. The second-order valence-electron chi connectivity index (χ2n) is 6.26. The molecule has 1 aromatic carbocycles. The van der Waals surface area contributed by atoms with E-state index < -0.39 is 0 Å². The molecule has 0 radical (unpaired) electrons. The third kappa shape index (κ3) is 4.12. The summed E-state index contributed by atoms with van der Waals surface area (Å²) in [5.74, 6) is -0.370. The Bertz CT molecular complexity index is 890. The van der Waals surface area contributed by atoms with Crippen molar-refractivity contribution in [1.82, 2.24) is 0 Å². The van der Waals surface area contributed by atoms with Crippen molar-refractivity contribution in [3.63, 3.8) is 0 Å². The number of hydrogen-bond acceptors (Lipinski definition) is 5. The van der Waals surface area contributed by atoms with Crippen molar-refractivity contribution in [2.24, 2.45) is 0 Å². The van der Waals surface area contributed by atoms with Crippen LogP contribution in [0.25, 0.3) is 0 Å². The molecule has 0 bridgehead atoms. The lowest BCUT2D eigenvalue weighted by Crippen LogP contribution is -2.23. The van der Waals surface area contributed by atoms with E-state index in [2.05, 4.69) is 10.6 Å².